The van der Waals surface area contributed by atoms with Gasteiger partial charge in [0.05, 0.1) is 32.0 Å². The summed E-state index contributed by atoms with van der Waals surface area (Å²) < 4.78 is 21.4. The predicted octanol–water partition coefficient (Wildman–Crippen LogP) is 4.08. The molecule has 2 amide bonds. The van der Waals surface area contributed by atoms with Crippen LogP contribution in [0.3, 0.4) is 0 Å². The number of anilines is 1. The van der Waals surface area contributed by atoms with Crippen LogP contribution in [0.5, 0.6) is 17.2 Å². The molecule has 0 saturated carbocycles. The maximum absolute atomic E-state index is 12.8. The zero-order valence-electron chi connectivity index (χ0n) is 19.7. The van der Waals surface area contributed by atoms with Gasteiger partial charge in [0.1, 0.15) is 18.7 Å². The number of likely N-dealkylation sites (tertiary alicyclic amines) is 1. The second-order valence-corrected chi connectivity index (χ2v) is 8.04. The van der Waals surface area contributed by atoms with Gasteiger partial charge in [-0.3, -0.25) is 0 Å². The van der Waals surface area contributed by atoms with Crippen molar-refractivity contribution in [2.24, 2.45) is 0 Å². The molecule has 0 aliphatic carbocycles. The predicted molar refractivity (Wildman–Crippen MR) is 129 cm³/mol. The highest BCUT2D eigenvalue weighted by atomic mass is 16.5. The van der Waals surface area contributed by atoms with Crippen LogP contribution in [0.15, 0.2) is 42.7 Å². The van der Waals surface area contributed by atoms with E-state index in [1.807, 2.05) is 41.3 Å². The second kappa shape index (κ2) is 11.0. The zero-order chi connectivity index (χ0) is 23.9. The number of carbonyl (C=O) groups is 1. The molecule has 2 aromatic carbocycles. The number of fused-ring (bicyclic) bond motifs is 1. The number of hydrogen-bond acceptors (Lipinski definition) is 7. The Bertz CT molecular complexity index is 1110. The topological polar surface area (TPSA) is 95.0 Å². The van der Waals surface area contributed by atoms with Crippen LogP contribution in [0.1, 0.15) is 24.5 Å². The van der Waals surface area contributed by atoms with Crippen LogP contribution in [-0.2, 0) is 4.74 Å². The number of ether oxygens (including phenoxy) is 4. The summed E-state index contributed by atoms with van der Waals surface area (Å²) in [5.41, 5.74) is 2.53. The number of carbonyl (C=O) groups excluding carboxylic acids is 1. The van der Waals surface area contributed by atoms with E-state index in [9.17, 15) is 4.79 Å². The van der Waals surface area contributed by atoms with Crippen molar-refractivity contribution in [2.45, 2.75) is 18.8 Å². The Balaban J connectivity index is 1.37. The van der Waals surface area contributed by atoms with E-state index in [4.69, 9.17) is 18.9 Å². The smallest absolute Gasteiger partial charge is 0.321 e. The summed E-state index contributed by atoms with van der Waals surface area (Å²) >= 11 is 0. The molecule has 1 fully saturated rings. The van der Waals surface area contributed by atoms with Crippen molar-refractivity contribution in [3.63, 3.8) is 0 Å². The van der Waals surface area contributed by atoms with Crippen LogP contribution in [0.4, 0.5) is 10.5 Å². The number of piperidine rings is 1. The molecule has 1 saturated heterocycles. The average Bonchev–Trinajstić information content (AvgIpc) is 2.88. The van der Waals surface area contributed by atoms with Gasteiger partial charge in [-0.05, 0) is 43.2 Å². The van der Waals surface area contributed by atoms with E-state index >= 15 is 0 Å². The monoisotopic (exact) mass is 466 g/mol. The van der Waals surface area contributed by atoms with E-state index < -0.39 is 0 Å². The van der Waals surface area contributed by atoms with Gasteiger partial charge in [-0.1, -0.05) is 0 Å². The van der Waals surface area contributed by atoms with Crippen molar-refractivity contribution in [3.8, 4) is 17.2 Å². The number of aromatic nitrogens is 2. The van der Waals surface area contributed by atoms with Gasteiger partial charge in [-0.15, -0.1) is 0 Å². The highest BCUT2D eigenvalue weighted by Gasteiger charge is 2.26. The first-order valence-electron chi connectivity index (χ1n) is 11.3. The Labute approximate surface area is 199 Å². The molecule has 1 aromatic heterocycles. The van der Waals surface area contributed by atoms with Gasteiger partial charge in [0, 0.05) is 43.3 Å². The molecule has 4 rings (SSSR count). The summed E-state index contributed by atoms with van der Waals surface area (Å²) in [5.74, 6) is 2.26. The van der Waals surface area contributed by atoms with Crippen molar-refractivity contribution in [2.75, 3.05) is 52.9 Å². The lowest BCUT2D eigenvalue weighted by Crippen LogP contribution is -2.40. The number of nitrogens with one attached hydrogen (secondary N) is 1. The highest BCUT2D eigenvalue weighted by Crippen LogP contribution is 2.36. The Morgan fingerprint density at radius 2 is 1.71 bits per heavy atom. The van der Waals surface area contributed by atoms with E-state index in [1.165, 1.54) is 0 Å². The fraction of sp³-hybridized carbons (Fsp3) is 0.400. The molecule has 1 N–H and O–H groups in total. The molecule has 2 heterocycles. The third-order valence-electron chi connectivity index (χ3n) is 6.00. The first kappa shape index (κ1) is 23.6. The van der Waals surface area contributed by atoms with Gasteiger partial charge in [0.25, 0.3) is 0 Å². The van der Waals surface area contributed by atoms with Gasteiger partial charge in [-0.25, -0.2) is 14.8 Å². The third kappa shape index (κ3) is 5.31. The molecular formula is C25H30N4O5. The first-order chi connectivity index (χ1) is 16.6. The van der Waals surface area contributed by atoms with Crippen molar-refractivity contribution in [3.05, 3.63) is 48.4 Å². The van der Waals surface area contributed by atoms with Crippen LogP contribution >= 0.6 is 0 Å². The fourth-order valence-electron chi connectivity index (χ4n) is 4.16. The van der Waals surface area contributed by atoms with Crippen molar-refractivity contribution in [1.82, 2.24) is 14.9 Å². The molecule has 0 spiro atoms. The number of urea groups is 1. The lowest BCUT2D eigenvalue weighted by molar-refractivity contribution is 0.146. The largest absolute Gasteiger partial charge is 0.493 e. The zero-order valence-corrected chi connectivity index (χ0v) is 19.7. The normalized spacial score (nSPS) is 14.1. The summed E-state index contributed by atoms with van der Waals surface area (Å²) in [5, 5.41) is 3.92. The van der Waals surface area contributed by atoms with Gasteiger partial charge in [0.15, 0.2) is 11.5 Å². The highest BCUT2D eigenvalue weighted by molar-refractivity contribution is 5.89. The molecule has 3 aromatic rings. The van der Waals surface area contributed by atoms with Crippen LogP contribution in [0, 0.1) is 0 Å². The average molecular weight is 467 g/mol. The molecule has 0 bridgehead atoms. The minimum Gasteiger partial charge on any atom is -0.493 e. The number of benzene rings is 2. The number of nitrogens with zero attached hydrogens (tertiary/aromatic N) is 3. The van der Waals surface area contributed by atoms with Crippen molar-refractivity contribution < 1.29 is 23.7 Å². The van der Waals surface area contributed by atoms with E-state index in [2.05, 4.69) is 15.3 Å². The van der Waals surface area contributed by atoms with E-state index in [-0.39, 0.29) is 11.9 Å². The lowest BCUT2D eigenvalue weighted by atomic mass is 9.91. The summed E-state index contributed by atoms with van der Waals surface area (Å²) in [6, 6.07) is 11.0. The molecule has 1 aliphatic rings. The first-order valence-corrected chi connectivity index (χ1v) is 11.3. The number of rotatable bonds is 8. The minimum absolute atomic E-state index is 0.106. The SMILES string of the molecule is COCCOc1ccc(NC(=O)N2CCC(c3ncnc4cc(OC)c(OC)cc34)CC2)cc1. The molecule has 1 aliphatic heterocycles. The van der Waals surface area contributed by atoms with E-state index in [0.717, 1.165) is 40.9 Å². The maximum atomic E-state index is 12.8. The summed E-state index contributed by atoms with van der Waals surface area (Å²) in [4.78, 5) is 23.6. The second-order valence-electron chi connectivity index (χ2n) is 8.04. The minimum atomic E-state index is -0.106. The molecule has 180 valence electrons. The Morgan fingerprint density at radius 3 is 2.38 bits per heavy atom. The molecule has 9 nitrogen and oxygen atoms in total. The fourth-order valence-corrected chi connectivity index (χ4v) is 4.16. The maximum Gasteiger partial charge on any atom is 0.321 e. The van der Waals surface area contributed by atoms with E-state index in [1.54, 1.807) is 27.7 Å². The molecular weight excluding hydrogens is 436 g/mol. The van der Waals surface area contributed by atoms with E-state index in [0.29, 0.717) is 37.8 Å². The van der Waals surface area contributed by atoms with Gasteiger partial charge in [0.2, 0.25) is 0 Å². The quantitative estimate of drug-likeness (QED) is 0.500. The van der Waals surface area contributed by atoms with Crippen LogP contribution < -0.4 is 19.5 Å². The van der Waals surface area contributed by atoms with Crippen molar-refractivity contribution in [1.29, 1.82) is 0 Å². The van der Waals surface area contributed by atoms with Gasteiger partial charge in [-0.2, -0.15) is 0 Å². The van der Waals surface area contributed by atoms with Gasteiger partial charge >= 0.3 is 6.03 Å². The number of methoxy groups -OCH3 is 3. The standard InChI is InChI=1S/C25H30N4O5/c1-31-12-13-34-19-6-4-18(5-7-19)28-25(30)29-10-8-17(9-11-29)24-20-14-22(32-2)23(33-3)15-21(20)26-16-27-24/h4-7,14-17H,8-13H2,1-3H3,(H,28,30). The molecule has 0 unspecified atom stereocenters. The van der Waals surface area contributed by atoms with Crippen LogP contribution in [0.2, 0.25) is 0 Å². The molecule has 0 radical (unpaired) electrons. The lowest BCUT2D eigenvalue weighted by Gasteiger charge is -2.32. The molecule has 34 heavy (non-hydrogen) atoms. The summed E-state index contributed by atoms with van der Waals surface area (Å²) in [6.45, 7) is 2.31. The van der Waals surface area contributed by atoms with Crippen LogP contribution in [-0.4, -0.2) is 68.5 Å². The third-order valence-corrected chi connectivity index (χ3v) is 6.00. The summed E-state index contributed by atoms with van der Waals surface area (Å²) in [7, 11) is 4.86. The van der Waals surface area contributed by atoms with Gasteiger partial charge < -0.3 is 29.2 Å². The van der Waals surface area contributed by atoms with Crippen molar-refractivity contribution >= 4 is 22.6 Å². The summed E-state index contributed by atoms with van der Waals surface area (Å²) in [6.07, 6.45) is 3.23. The number of amides is 2. The van der Waals surface area contributed by atoms with Crippen LogP contribution in [0.25, 0.3) is 10.9 Å². The Kier molecular flexibility index (Phi) is 7.64. The Morgan fingerprint density at radius 1 is 1.00 bits per heavy atom. The molecule has 9 heteroatoms. The number of hydrogen-bond donors (Lipinski definition) is 1. The molecule has 0 atom stereocenters. The Hall–Kier alpha value is -3.59.